The van der Waals surface area contributed by atoms with Gasteiger partial charge in [0, 0.05) is 23.3 Å². The van der Waals surface area contributed by atoms with Crippen molar-refractivity contribution in [2.75, 3.05) is 12.9 Å². The summed E-state index contributed by atoms with van der Waals surface area (Å²) in [6.07, 6.45) is 0.473. The van der Waals surface area contributed by atoms with Crippen LogP contribution in [0.4, 0.5) is 0 Å². The molecule has 1 aromatic heterocycles. The molecule has 1 aromatic carbocycles. The van der Waals surface area contributed by atoms with E-state index in [4.69, 9.17) is 9.47 Å². The maximum Gasteiger partial charge on any atom is 0.355 e. The highest BCUT2D eigenvalue weighted by molar-refractivity contribution is 8.04. The molecule has 2 unspecified atom stereocenters. The largest absolute Gasteiger partial charge is 0.497 e. The van der Waals surface area contributed by atoms with Crippen LogP contribution in [0.15, 0.2) is 52.2 Å². The van der Waals surface area contributed by atoms with Gasteiger partial charge in [-0.15, -0.1) is 5.10 Å². The lowest BCUT2D eigenvalue weighted by Gasteiger charge is -2.49. The van der Waals surface area contributed by atoms with Crippen molar-refractivity contribution < 1.29 is 23.9 Å². The maximum absolute atomic E-state index is 13.2. The molecule has 0 spiro atoms. The number of nitrogens with zero attached hydrogens (tertiary/aromatic N) is 5. The molecular formula is C20H20N6O5S2. The molecule has 1 fully saturated rings. The number of hydrogen-bond donors (Lipinski definition) is 1. The Bertz CT molecular complexity index is 1130. The Morgan fingerprint density at radius 2 is 2.12 bits per heavy atom. The highest BCUT2D eigenvalue weighted by atomic mass is 32.2. The number of nitrogens with one attached hydrogen (secondary N) is 1. The van der Waals surface area contributed by atoms with Crippen molar-refractivity contribution in [3.05, 3.63) is 52.6 Å². The highest BCUT2D eigenvalue weighted by Gasteiger charge is 2.54. The Morgan fingerprint density at radius 3 is 2.76 bits per heavy atom. The van der Waals surface area contributed by atoms with E-state index in [9.17, 15) is 14.4 Å². The molecule has 1 saturated heterocycles. The summed E-state index contributed by atoms with van der Waals surface area (Å²) in [4.78, 5) is 38.8. The zero-order valence-electron chi connectivity index (χ0n) is 17.8. The molecule has 2 aromatic rings. The molecule has 2 aliphatic rings. The number of β-lactam (4-membered cyclic amide) rings is 1. The highest BCUT2D eigenvalue weighted by Crippen LogP contribution is 2.47. The summed E-state index contributed by atoms with van der Waals surface area (Å²) in [5.41, 5.74) is 1.44. The number of rotatable bonds is 9. The second-order valence-corrected chi connectivity index (χ2v) is 9.18. The first kappa shape index (κ1) is 22.9. The fraction of sp³-hybridized carbons (Fsp3) is 0.300. The average molecular weight is 489 g/mol. The van der Waals surface area contributed by atoms with Crippen LogP contribution in [-0.4, -0.2) is 67.7 Å². The van der Waals surface area contributed by atoms with Crippen molar-refractivity contribution in [2.45, 2.75) is 23.2 Å². The van der Waals surface area contributed by atoms with Crippen LogP contribution in [0.3, 0.4) is 0 Å². The molecule has 11 nitrogen and oxygen atoms in total. The van der Waals surface area contributed by atoms with Gasteiger partial charge in [-0.3, -0.25) is 14.5 Å². The molecule has 4 rings (SSSR count). The van der Waals surface area contributed by atoms with Crippen molar-refractivity contribution in [3.8, 4) is 5.75 Å². The van der Waals surface area contributed by atoms with Crippen molar-refractivity contribution in [1.29, 1.82) is 0 Å². The third-order valence-corrected chi connectivity index (χ3v) is 7.36. The standard InChI is InChI=1S/C20H20N6O5S2/c1-11-14(9-32-20-22-23-24-25(20)2)16(26-17(28)15(21-10-27)18(26)33-11)19(29)31-8-12-4-6-13(30-3)7-5-12/h4-7,10,15,18H,1,8-9H2,2-3H3,(H,21,27). The number of allylic oxidation sites excluding steroid dienone is 1. The van der Waals surface area contributed by atoms with Gasteiger partial charge in [0.05, 0.1) is 7.11 Å². The van der Waals surface area contributed by atoms with Gasteiger partial charge in [0.2, 0.25) is 11.6 Å². The van der Waals surface area contributed by atoms with Gasteiger partial charge < -0.3 is 14.8 Å². The fourth-order valence-corrected chi connectivity index (χ4v) is 5.57. The van der Waals surface area contributed by atoms with E-state index in [2.05, 4.69) is 27.4 Å². The molecule has 1 N–H and O–H groups in total. The number of hydrogen-bond acceptors (Lipinski definition) is 10. The topological polar surface area (TPSA) is 129 Å². The Morgan fingerprint density at radius 1 is 1.36 bits per heavy atom. The van der Waals surface area contributed by atoms with Gasteiger partial charge in [0.15, 0.2) is 0 Å². The monoisotopic (exact) mass is 488 g/mol. The minimum Gasteiger partial charge on any atom is -0.497 e. The molecule has 0 saturated carbocycles. The number of tetrazole rings is 1. The van der Waals surface area contributed by atoms with E-state index in [1.54, 1.807) is 38.4 Å². The quantitative estimate of drug-likeness (QED) is 0.235. The summed E-state index contributed by atoms with van der Waals surface area (Å²) in [6.45, 7) is 4.10. The van der Waals surface area contributed by atoms with Crippen LogP contribution in [0.1, 0.15) is 5.56 Å². The molecular weight excluding hydrogens is 468 g/mol. The number of carbonyl (C=O) groups excluding carboxylic acids is 3. The summed E-state index contributed by atoms with van der Waals surface area (Å²) in [5, 5.41) is 13.9. The number of methoxy groups -OCH3 is 1. The molecule has 13 heteroatoms. The van der Waals surface area contributed by atoms with Crippen LogP contribution < -0.4 is 10.1 Å². The summed E-state index contributed by atoms with van der Waals surface area (Å²) in [5.74, 6) is -0.0446. The molecule has 2 atom stereocenters. The number of ether oxygens (including phenoxy) is 2. The molecule has 2 aliphatic heterocycles. The van der Waals surface area contributed by atoms with Crippen LogP contribution in [0, 0.1) is 0 Å². The van der Waals surface area contributed by atoms with Gasteiger partial charge in [0.25, 0.3) is 5.91 Å². The van der Waals surface area contributed by atoms with Crippen LogP contribution >= 0.6 is 23.5 Å². The van der Waals surface area contributed by atoms with Gasteiger partial charge in [-0.2, -0.15) is 0 Å². The predicted molar refractivity (Wildman–Crippen MR) is 120 cm³/mol. The first-order valence-electron chi connectivity index (χ1n) is 9.71. The van der Waals surface area contributed by atoms with Crippen LogP contribution in [0.2, 0.25) is 0 Å². The molecule has 33 heavy (non-hydrogen) atoms. The first-order valence-corrected chi connectivity index (χ1v) is 11.6. The summed E-state index contributed by atoms with van der Waals surface area (Å²) in [7, 11) is 3.27. The molecule has 0 radical (unpaired) electrons. The van der Waals surface area contributed by atoms with Gasteiger partial charge in [-0.05, 0) is 28.1 Å². The number of esters is 1. The Hall–Kier alpha value is -3.32. The van der Waals surface area contributed by atoms with Crippen LogP contribution in [-0.2, 0) is 32.8 Å². The van der Waals surface area contributed by atoms with E-state index in [1.165, 1.54) is 33.1 Å². The lowest BCUT2D eigenvalue weighted by atomic mass is 10.0. The Kier molecular flexibility index (Phi) is 6.70. The molecule has 0 aliphatic carbocycles. The van der Waals surface area contributed by atoms with Crippen molar-refractivity contribution in [1.82, 2.24) is 30.4 Å². The molecule has 2 amide bonds. The Labute approximate surface area is 197 Å². The predicted octanol–water partition coefficient (Wildman–Crippen LogP) is 0.852. The van der Waals surface area contributed by atoms with Gasteiger partial charge in [0.1, 0.15) is 29.5 Å². The molecule has 172 valence electrons. The Balaban J connectivity index is 1.58. The van der Waals surface area contributed by atoms with Crippen LogP contribution in [0.5, 0.6) is 5.75 Å². The van der Waals surface area contributed by atoms with E-state index in [-0.39, 0.29) is 18.2 Å². The SMILES string of the molecule is C=C1SC2C(NC=O)C(=O)N2C(C(=O)OCc2ccc(OC)cc2)=C1CSc1nnnn1C. The number of benzene rings is 1. The second-order valence-electron chi connectivity index (χ2n) is 7.03. The summed E-state index contributed by atoms with van der Waals surface area (Å²) < 4.78 is 12.2. The number of aromatic nitrogens is 4. The van der Waals surface area contributed by atoms with Crippen molar-refractivity contribution in [3.63, 3.8) is 0 Å². The van der Waals surface area contributed by atoms with E-state index >= 15 is 0 Å². The smallest absolute Gasteiger partial charge is 0.355 e. The maximum atomic E-state index is 13.2. The van der Waals surface area contributed by atoms with Crippen molar-refractivity contribution >= 4 is 41.8 Å². The molecule has 0 bridgehead atoms. The number of thioether (sulfide) groups is 2. The number of aryl methyl sites for hydroxylation is 1. The lowest BCUT2D eigenvalue weighted by Crippen LogP contribution is -2.69. The zero-order valence-corrected chi connectivity index (χ0v) is 19.4. The number of amides is 2. The number of fused-ring (bicyclic) bond motifs is 1. The minimum absolute atomic E-state index is 0.0162. The number of carbonyl (C=O) groups is 3. The lowest BCUT2D eigenvalue weighted by molar-refractivity contribution is -0.152. The third kappa shape index (κ3) is 4.46. The summed E-state index contributed by atoms with van der Waals surface area (Å²) >= 11 is 2.62. The van der Waals surface area contributed by atoms with E-state index in [0.29, 0.717) is 33.5 Å². The first-order chi connectivity index (χ1) is 15.9. The van der Waals surface area contributed by atoms with Crippen molar-refractivity contribution in [2.24, 2.45) is 7.05 Å². The zero-order chi connectivity index (χ0) is 23.5. The van der Waals surface area contributed by atoms with Crippen LogP contribution in [0.25, 0.3) is 0 Å². The minimum atomic E-state index is -0.731. The van der Waals surface area contributed by atoms with Gasteiger partial charge >= 0.3 is 5.97 Å². The van der Waals surface area contributed by atoms with E-state index in [0.717, 1.165) is 5.56 Å². The van der Waals surface area contributed by atoms with Gasteiger partial charge in [-0.1, -0.05) is 42.2 Å². The van der Waals surface area contributed by atoms with Gasteiger partial charge in [-0.25, -0.2) is 9.48 Å². The summed E-state index contributed by atoms with van der Waals surface area (Å²) in [6, 6.07) is 6.38. The van der Waals surface area contributed by atoms with E-state index in [1.807, 2.05) is 0 Å². The average Bonchev–Trinajstić information content (AvgIpc) is 3.24. The molecule has 3 heterocycles. The second kappa shape index (κ2) is 9.67. The normalized spacial score (nSPS) is 19.6. The van der Waals surface area contributed by atoms with E-state index < -0.39 is 17.4 Å². The third-order valence-electron chi connectivity index (χ3n) is 5.07. The fourth-order valence-electron chi connectivity index (χ4n) is 3.33.